The standard InChI is InChI=1S/C15H15IN2O2/c1-10-3-5-12(6-4-10)18-17-9-11-7-13(16)15(19)14(8-11)20-2/h3-9,18-19H,1-2H3/b17-9+. The highest BCUT2D eigenvalue weighted by molar-refractivity contribution is 14.1. The van der Waals surface area contributed by atoms with Crippen LogP contribution in [0.15, 0.2) is 41.5 Å². The van der Waals surface area contributed by atoms with E-state index in [4.69, 9.17) is 4.74 Å². The van der Waals surface area contributed by atoms with Crippen LogP contribution < -0.4 is 10.2 Å². The molecule has 0 heterocycles. The van der Waals surface area contributed by atoms with E-state index in [9.17, 15) is 5.11 Å². The molecule has 0 unspecified atom stereocenters. The number of hydrogen-bond acceptors (Lipinski definition) is 4. The molecule has 104 valence electrons. The van der Waals surface area contributed by atoms with Crippen molar-refractivity contribution >= 4 is 34.5 Å². The number of aromatic hydroxyl groups is 1. The van der Waals surface area contributed by atoms with Crippen LogP contribution in [0.1, 0.15) is 11.1 Å². The first kappa shape index (κ1) is 14.6. The van der Waals surface area contributed by atoms with Crippen LogP contribution in [-0.4, -0.2) is 18.4 Å². The Bertz CT molecular complexity index is 625. The van der Waals surface area contributed by atoms with Crippen LogP contribution in [0.3, 0.4) is 0 Å². The van der Waals surface area contributed by atoms with Gasteiger partial charge in [0.1, 0.15) is 0 Å². The summed E-state index contributed by atoms with van der Waals surface area (Å²) in [6.07, 6.45) is 1.68. The highest BCUT2D eigenvalue weighted by Crippen LogP contribution is 2.31. The summed E-state index contributed by atoms with van der Waals surface area (Å²) in [5.74, 6) is 0.588. The van der Waals surface area contributed by atoms with Gasteiger partial charge in [0.2, 0.25) is 0 Å². The van der Waals surface area contributed by atoms with Gasteiger partial charge < -0.3 is 9.84 Å². The zero-order valence-electron chi connectivity index (χ0n) is 11.2. The molecule has 2 aromatic carbocycles. The van der Waals surface area contributed by atoms with Crippen molar-refractivity contribution in [3.63, 3.8) is 0 Å². The summed E-state index contributed by atoms with van der Waals surface area (Å²) in [4.78, 5) is 0. The number of phenols is 1. The molecule has 0 saturated heterocycles. The fourth-order valence-electron chi connectivity index (χ4n) is 1.63. The van der Waals surface area contributed by atoms with Gasteiger partial charge in [-0.1, -0.05) is 17.7 Å². The summed E-state index contributed by atoms with van der Waals surface area (Å²) in [7, 11) is 1.52. The summed E-state index contributed by atoms with van der Waals surface area (Å²) < 4.78 is 5.83. The van der Waals surface area contributed by atoms with E-state index in [1.165, 1.54) is 12.7 Å². The Kier molecular flexibility index (Phi) is 4.84. The molecule has 0 aliphatic heterocycles. The molecule has 0 radical (unpaired) electrons. The Labute approximate surface area is 131 Å². The molecular weight excluding hydrogens is 367 g/mol. The number of hydrogen-bond donors (Lipinski definition) is 2. The monoisotopic (exact) mass is 382 g/mol. The van der Waals surface area contributed by atoms with E-state index in [1.54, 1.807) is 12.3 Å². The normalized spacial score (nSPS) is 10.8. The smallest absolute Gasteiger partial charge is 0.171 e. The lowest BCUT2D eigenvalue weighted by Gasteiger charge is -2.06. The quantitative estimate of drug-likeness (QED) is 0.481. The molecule has 0 aliphatic rings. The maximum absolute atomic E-state index is 9.76. The molecule has 20 heavy (non-hydrogen) atoms. The average molecular weight is 382 g/mol. The molecular formula is C15H15IN2O2. The number of anilines is 1. The predicted molar refractivity (Wildman–Crippen MR) is 89.8 cm³/mol. The van der Waals surface area contributed by atoms with Crippen molar-refractivity contribution in [3.05, 3.63) is 51.1 Å². The zero-order valence-corrected chi connectivity index (χ0v) is 13.4. The lowest BCUT2D eigenvalue weighted by molar-refractivity contribution is 0.371. The van der Waals surface area contributed by atoms with Gasteiger partial charge >= 0.3 is 0 Å². The van der Waals surface area contributed by atoms with E-state index in [1.807, 2.05) is 37.3 Å². The van der Waals surface area contributed by atoms with E-state index in [0.29, 0.717) is 5.75 Å². The molecule has 0 saturated carbocycles. The Morgan fingerprint density at radius 2 is 1.95 bits per heavy atom. The predicted octanol–water partition coefficient (Wildman–Crippen LogP) is 3.76. The number of methoxy groups -OCH3 is 1. The van der Waals surface area contributed by atoms with Gasteiger partial charge in [-0.2, -0.15) is 5.10 Å². The number of benzene rings is 2. The number of ether oxygens (including phenoxy) is 1. The summed E-state index contributed by atoms with van der Waals surface area (Å²) in [6.45, 7) is 2.04. The van der Waals surface area contributed by atoms with Gasteiger partial charge in [-0.3, -0.25) is 5.43 Å². The number of halogens is 1. The molecule has 2 N–H and O–H groups in total. The second kappa shape index (κ2) is 6.60. The number of aryl methyl sites for hydroxylation is 1. The molecule has 0 bridgehead atoms. The van der Waals surface area contributed by atoms with Gasteiger partial charge in [-0.15, -0.1) is 0 Å². The Balaban J connectivity index is 2.11. The molecule has 0 spiro atoms. The third-order valence-electron chi connectivity index (χ3n) is 2.73. The van der Waals surface area contributed by atoms with Crippen LogP contribution in [0, 0.1) is 10.5 Å². The third kappa shape index (κ3) is 3.63. The molecule has 0 atom stereocenters. The lowest BCUT2D eigenvalue weighted by atomic mass is 10.2. The number of nitrogens with one attached hydrogen (secondary N) is 1. The minimum atomic E-state index is 0.150. The minimum Gasteiger partial charge on any atom is -0.504 e. The topological polar surface area (TPSA) is 53.8 Å². The van der Waals surface area contributed by atoms with Gasteiger partial charge in [0.15, 0.2) is 11.5 Å². The van der Waals surface area contributed by atoms with Crippen LogP contribution in [0.5, 0.6) is 11.5 Å². The van der Waals surface area contributed by atoms with Crippen molar-refractivity contribution in [3.8, 4) is 11.5 Å². The van der Waals surface area contributed by atoms with Crippen LogP contribution in [0.25, 0.3) is 0 Å². The van der Waals surface area contributed by atoms with Crippen LogP contribution in [-0.2, 0) is 0 Å². The number of phenolic OH excluding ortho intramolecular Hbond substituents is 1. The van der Waals surface area contributed by atoms with Crippen molar-refractivity contribution in [1.29, 1.82) is 0 Å². The first-order chi connectivity index (χ1) is 9.60. The first-order valence-corrected chi connectivity index (χ1v) is 7.10. The Morgan fingerprint density at radius 3 is 2.60 bits per heavy atom. The maximum atomic E-state index is 9.76. The van der Waals surface area contributed by atoms with E-state index in [0.717, 1.165) is 14.8 Å². The molecule has 0 fully saturated rings. The molecule has 0 aliphatic carbocycles. The minimum absolute atomic E-state index is 0.150. The molecule has 0 amide bonds. The van der Waals surface area contributed by atoms with E-state index in [-0.39, 0.29) is 5.75 Å². The first-order valence-electron chi connectivity index (χ1n) is 6.02. The number of nitrogens with zero attached hydrogens (tertiary/aromatic N) is 1. The average Bonchev–Trinajstić information content (AvgIpc) is 2.44. The largest absolute Gasteiger partial charge is 0.504 e. The lowest BCUT2D eigenvalue weighted by Crippen LogP contribution is -1.93. The van der Waals surface area contributed by atoms with Crippen molar-refractivity contribution in [1.82, 2.24) is 0 Å². The fraction of sp³-hybridized carbons (Fsp3) is 0.133. The number of rotatable bonds is 4. The summed E-state index contributed by atoms with van der Waals surface area (Å²) in [5, 5.41) is 13.9. The Morgan fingerprint density at radius 1 is 1.25 bits per heavy atom. The van der Waals surface area contributed by atoms with Gasteiger partial charge in [0.25, 0.3) is 0 Å². The highest BCUT2D eigenvalue weighted by Gasteiger charge is 2.07. The van der Waals surface area contributed by atoms with E-state index >= 15 is 0 Å². The molecule has 0 aromatic heterocycles. The third-order valence-corrected chi connectivity index (χ3v) is 3.55. The van der Waals surface area contributed by atoms with Crippen LogP contribution in [0.2, 0.25) is 0 Å². The Hall–Kier alpha value is -1.76. The zero-order chi connectivity index (χ0) is 14.5. The fourth-order valence-corrected chi connectivity index (χ4v) is 2.26. The van der Waals surface area contributed by atoms with Gasteiger partial charge in [-0.05, 0) is 59.3 Å². The van der Waals surface area contributed by atoms with Crippen molar-refractivity contribution < 1.29 is 9.84 Å². The molecule has 5 heteroatoms. The maximum Gasteiger partial charge on any atom is 0.171 e. The van der Waals surface area contributed by atoms with Gasteiger partial charge in [0.05, 0.1) is 22.6 Å². The summed E-state index contributed by atoms with van der Waals surface area (Å²) in [6, 6.07) is 11.5. The second-order valence-corrected chi connectivity index (χ2v) is 5.45. The van der Waals surface area contributed by atoms with Crippen LogP contribution in [0.4, 0.5) is 5.69 Å². The van der Waals surface area contributed by atoms with Crippen molar-refractivity contribution in [2.24, 2.45) is 5.10 Å². The van der Waals surface area contributed by atoms with Gasteiger partial charge in [-0.25, -0.2) is 0 Å². The van der Waals surface area contributed by atoms with Crippen molar-refractivity contribution in [2.75, 3.05) is 12.5 Å². The highest BCUT2D eigenvalue weighted by atomic mass is 127. The van der Waals surface area contributed by atoms with E-state index in [2.05, 4.69) is 33.1 Å². The molecule has 4 nitrogen and oxygen atoms in total. The molecule has 2 rings (SSSR count). The van der Waals surface area contributed by atoms with Gasteiger partial charge in [0, 0.05) is 0 Å². The van der Waals surface area contributed by atoms with Crippen LogP contribution >= 0.6 is 22.6 Å². The second-order valence-electron chi connectivity index (χ2n) is 4.29. The van der Waals surface area contributed by atoms with E-state index < -0.39 is 0 Å². The summed E-state index contributed by atoms with van der Waals surface area (Å²) in [5.41, 5.74) is 5.94. The SMILES string of the molecule is COc1cc(/C=N/Nc2ccc(C)cc2)cc(I)c1O. The molecule has 2 aromatic rings. The van der Waals surface area contributed by atoms with Crippen molar-refractivity contribution in [2.45, 2.75) is 6.92 Å². The number of hydrazone groups is 1. The summed E-state index contributed by atoms with van der Waals surface area (Å²) >= 11 is 2.05.